The SMILES string of the molecule is O=C1C[C@@](O)(C(=O)Cl)[C@@H](C(=O)Cl)O1.[Na].[Na]. The molecule has 0 aliphatic carbocycles. The summed E-state index contributed by atoms with van der Waals surface area (Å²) in [4.78, 5) is 32.0. The maximum Gasteiger partial charge on any atom is 0.310 e. The third-order valence-electron chi connectivity index (χ3n) is 1.64. The van der Waals surface area contributed by atoms with Crippen LogP contribution < -0.4 is 0 Å². The second-order valence-corrected chi connectivity index (χ2v) is 3.26. The summed E-state index contributed by atoms with van der Waals surface area (Å²) in [5.41, 5.74) is -2.32. The van der Waals surface area contributed by atoms with E-state index >= 15 is 0 Å². The van der Waals surface area contributed by atoms with Gasteiger partial charge in [-0.25, -0.2) is 0 Å². The van der Waals surface area contributed by atoms with Crippen molar-refractivity contribution in [3.8, 4) is 0 Å². The van der Waals surface area contributed by atoms with Gasteiger partial charge in [-0.05, 0) is 23.2 Å². The first-order chi connectivity index (χ1) is 5.88. The number of carbonyl (C=O) groups is 3. The Morgan fingerprint density at radius 1 is 1.40 bits per heavy atom. The predicted molar refractivity (Wildman–Crippen MR) is 52.7 cm³/mol. The van der Waals surface area contributed by atoms with Crippen LogP contribution in [0.4, 0.5) is 0 Å². The summed E-state index contributed by atoms with van der Waals surface area (Å²) in [6, 6.07) is 0. The topological polar surface area (TPSA) is 80.7 Å². The van der Waals surface area contributed by atoms with Crippen molar-refractivity contribution in [2.45, 2.75) is 18.1 Å². The molecule has 1 aliphatic heterocycles. The number of hydrogen-bond donors (Lipinski definition) is 1. The van der Waals surface area contributed by atoms with Crippen LogP contribution in [-0.2, 0) is 19.1 Å². The normalized spacial score (nSPS) is 28.5. The van der Waals surface area contributed by atoms with Gasteiger partial charge in [0.2, 0.25) is 6.10 Å². The van der Waals surface area contributed by atoms with Crippen LogP contribution in [0.5, 0.6) is 0 Å². The summed E-state index contributed by atoms with van der Waals surface area (Å²) in [5.74, 6) is -0.893. The van der Waals surface area contributed by atoms with E-state index in [1.54, 1.807) is 0 Å². The van der Waals surface area contributed by atoms with E-state index in [1.165, 1.54) is 0 Å². The molecule has 0 spiro atoms. The third-order valence-corrected chi connectivity index (χ3v) is 2.17. The molecule has 15 heavy (non-hydrogen) atoms. The third kappa shape index (κ3) is 3.94. The standard InChI is InChI=1S/C6H4Cl2O5.2Na/c7-4(10)3-6(12,5(8)11)1-2(9)13-3;;/h3,12H,1H2;;/t3-,6+;;/m1../s1. The maximum absolute atomic E-state index is 10.7. The second-order valence-electron chi connectivity index (χ2n) is 2.55. The average molecular weight is 273 g/mol. The van der Waals surface area contributed by atoms with Gasteiger partial charge in [0, 0.05) is 59.1 Å². The number of hydrogen-bond acceptors (Lipinski definition) is 5. The molecule has 1 saturated heterocycles. The quantitative estimate of drug-likeness (QED) is 0.388. The summed E-state index contributed by atoms with van der Waals surface area (Å²) in [6.45, 7) is 0. The van der Waals surface area contributed by atoms with E-state index in [0.717, 1.165) is 0 Å². The Bertz CT molecular complexity index is 297. The first-order valence-corrected chi connectivity index (χ1v) is 3.94. The molecule has 0 bridgehead atoms. The zero-order chi connectivity index (χ0) is 10.2. The van der Waals surface area contributed by atoms with Crippen LogP contribution in [0.15, 0.2) is 0 Å². The van der Waals surface area contributed by atoms with Crippen molar-refractivity contribution in [1.29, 1.82) is 0 Å². The fourth-order valence-corrected chi connectivity index (χ4v) is 1.38. The molecule has 2 atom stereocenters. The zero-order valence-electron chi connectivity index (χ0n) is 8.12. The monoisotopic (exact) mass is 272 g/mol. The van der Waals surface area contributed by atoms with Gasteiger partial charge in [-0.1, -0.05) is 0 Å². The molecule has 74 valence electrons. The molecule has 0 unspecified atom stereocenters. The van der Waals surface area contributed by atoms with Crippen LogP contribution in [0.25, 0.3) is 0 Å². The van der Waals surface area contributed by atoms with Crippen LogP contribution >= 0.6 is 23.2 Å². The van der Waals surface area contributed by atoms with Crippen molar-refractivity contribution >= 4 is 98.8 Å². The van der Waals surface area contributed by atoms with Crippen molar-refractivity contribution in [3.63, 3.8) is 0 Å². The minimum atomic E-state index is -2.32. The van der Waals surface area contributed by atoms with Crippen LogP contribution in [-0.4, -0.2) is 92.4 Å². The molecule has 1 heterocycles. The molecule has 2 radical (unpaired) electrons. The number of rotatable bonds is 2. The van der Waals surface area contributed by atoms with Gasteiger partial charge in [-0.3, -0.25) is 14.4 Å². The zero-order valence-corrected chi connectivity index (χ0v) is 13.6. The summed E-state index contributed by atoms with van der Waals surface area (Å²) >= 11 is 9.99. The molecule has 0 aromatic rings. The molecular formula is C6H4Cl2Na2O5. The summed E-state index contributed by atoms with van der Waals surface area (Å²) < 4.78 is 4.32. The summed E-state index contributed by atoms with van der Waals surface area (Å²) in [6.07, 6.45) is -2.36. The van der Waals surface area contributed by atoms with E-state index in [-0.39, 0.29) is 59.1 Å². The molecule has 0 aromatic carbocycles. The van der Waals surface area contributed by atoms with Gasteiger partial charge in [-0.2, -0.15) is 0 Å². The van der Waals surface area contributed by atoms with Gasteiger partial charge in [0.25, 0.3) is 10.5 Å². The molecule has 0 saturated carbocycles. The van der Waals surface area contributed by atoms with Crippen molar-refractivity contribution in [2.75, 3.05) is 0 Å². The number of aliphatic hydroxyl groups is 1. The largest absolute Gasteiger partial charge is 0.449 e. The van der Waals surface area contributed by atoms with Crippen LogP contribution in [0, 0.1) is 0 Å². The van der Waals surface area contributed by atoms with Crippen LogP contribution in [0.2, 0.25) is 0 Å². The average Bonchev–Trinajstić information content (AvgIpc) is 2.27. The fraction of sp³-hybridized carbons (Fsp3) is 0.500. The number of cyclic esters (lactones) is 1. The molecule has 1 fully saturated rings. The Balaban J connectivity index is 0. The first-order valence-electron chi connectivity index (χ1n) is 3.19. The first kappa shape index (κ1) is 18.7. The molecule has 1 rings (SSSR count). The van der Waals surface area contributed by atoms with E-state index in [9.17, 15) is 19.5 Å². The van der Waals surface area contributed by atoms with E-state index < -0.39 is 34.6 Å². The van der Waals surface area contributed by atoms with Gasteiger partial charge in [-0.15, -0.1) is 0 Å². The number of carbonyl (C=O) groups excluding carboxylic acids is 3. The van der Waals surface area contributed by atoms with Gasteiger partial charge >= 0.3 is 5.97 Å². The molecule has 0 aromatic heterocycles. The molecule has 9 heteroatoms. The van der Waals surface area contributed by atoms with E-state index in [4.69, 9.17) is 23.2 Å². The van der Waals surface area contributed by atoms with E-state index in [0.29, 0.717) is 0 Å². The summed E-state index contributed by atoms with van der Waals surface area (Å²) in [5, 5.41) is 7.06. The number of halogens is 2. The van der Waals surface area contributed by atoms with Crippen LogP contribution in [0.3, 0.4) is 0 Å². The second kappa shape index (κ2) is 6.93. The van der Waals surface area contributed by atoms with E-state index in [1.807, 2.05) is 0 Å². The minimum Gasteiger partial charge on any atom is -0.449 e. The smallest absolute Gasteiger partial charge is 0.310 e. The molecule has 1 N–H and O–H groups in total. The molecule has 0 amide bonds. The van der Waals surface area contributed by atoms with Crippen LogP contribution in [0.1, 0.15) is 6.42 Å². The summed E-state index contributed by atoms with van der Waals surface area (Å²) in [7, 11) is 0. The van der Waals surface area contributed by atoms with Crippen molar-refractivity contribution in [2.24, 2.45) is 0 Å². The van der Waals surface area contributed by atoms with Crippen molar-refractivity contribution in [1.82, 2.24) is 0 Å². The fourth-order valence-electron chi connectivity index (χ4n) is 0.990. The Kier molecular flexibility index (Phi) is 8.65. The van der Waals surface area contributed by atoms with Gasteiger partial charge < -0.3 is 9.84 Å². The van der Waals surface area contributed by atoms with Crippen molar-refractivity contribution < 1.29 is 24.2 Å². The Morgan fingerprint density at radius 3 is 2.13 bits per heavy atom. The van der Waals surface area contributed by atoms with Gasteiger partial charge in [0.15, 0.2) is 5.60 Å². The Morgan fingerprint density at radius 2 is 1.87 bits per heavy atom. The molecular weight excluding hydrogens is 269 g/mol. The minimum absolute atomic E-state index is 0. The Hall–Kier alpha value is 1.35. The van der Waals surface area contributed by atoms with Gasteiger partial charge in [0.05, 0.1) is 6.42 Å². The number of esters is 1. The van der Waals surface area contributed by atoms with Crippen molar-refractivity contribution in [3.05, 3.63) is 0 Å². The van der Waals surface area contributed by atoms with Gasteiger partial charge in [0.1, 0.15) is 0 Å². The number of ether oxygens (including phenoxy) is 1. The Labute approximate surface area is 139 Å². The van der Waals surface area contributed by atoms with E-state index in [2.05, 4.69) is 4.74 Å². The maximum atomic E-state index is 10.7. The molecule has 1 aliphatic rings. The predicted octanol–water partition coefficient (Wildman–Crippen LogP) is -1.20. The molecule has 5 nitrogen and oxygen atoms in total.